The van der Waals surface area contributed by atoms with Crippen LogP contribution in [0.3, 0.4) is 0 Å². The normalized spacial score (nSPS) is 10.8. The molecule has 0 fully saturated rings. The van der Waals surface area contributed by atoms with Crippen molar-refractivity contribution in [3.8, 4) is 0 Å². The van der Waals surface area contributed by atoms with Crippen molar-refractivity contribution < 1.29 is 4.79 Å². The molecule has 0 aromatic carbocycles. The molecule has 1 amide bonds. The first-order valence-electron chi connectivity index (χ1n) is 6.18. The summed E-state index contributed by atoms with van der Waals surface area (Å²) >= 11 is 1.78. The van der Waals surface area contributed by atoms with E-state index in [-0.39, 0.29) is 5.91 Å². The highest BCUT2D eigenvalue weighted by Crippen LogP contribution is 2.07. The summed E-state index contributed by atoms with van der Waals surface area (Å²) in [5, 5.41) is 8.29. The summed E-state index contributed by atoms with van der Waals surface area (Å²) in [6.45, 7) is 6.67. The Hall–Kier alpha value is -0.870. The molecule has 1 aromatic rings. The molecule has 2 N–H and O–H groups in total. The van der Waals surface area contributed by atoms with Gasteiger partial charge in [0.2, 0.25) is 5.91 Å². The van der Waals surface area contributed by atoms with Crippen LogP contribution >= 0.6 is 11.3 Å². The van der Waals surface area contributed by atoms with Crippen LogP contribution in [0.1, 0.15) is 25.1 Å². The van der Waals surface area contributed by atoms with E-state index >= 15 is 0 Å². The van der Waals surface area contributed by atoms with Gasteiger partial charge < -0.3 is 10.6 Å². The van der Waals surface area contributed by atoms with Crippen molar-refractivity contribution in [3.63, 3.8) is 0 Å². The van der Waals surface area contributed by atoms with Crippen molar-refractivity contribution in [2.24, 2.45) is 5.92 Å². The van der Waals surface area contributed by atoms with Gasteiger partial charge in [0.15, 0.2) is 0 Å². The lowest BCUT2D eigenvalue weighted by molar-refractivity contribution is -0.121. The zero-order valence-corrected chi connectivity index (χ0v) is 11.5. The number of thiophene rings is 1. The molecule has 1 heterocycles. The third-order valence-electron chi connectivity index (χ3n) is 2.36. The maximum Gasteiger partial charge on any atom is 0.221 e. The molecule has 0 aliphatic heterocycles. The third-order valence-corrected chi connectivity index (χ3v) is 3.30. The minimum absolute atomic E-state index is 0.141. The average Bonchev–Trinajstić information content (AvgIpc) is 2.79. The quantitative estimate of drug-likeness (QED) is 0.697. The van der Waals surface area contributed by atoms with Crippen molar-refractivity contribution in [3.05, 3.63) is 22.4 Å². The van der Waals surface area contributed by atoms with E-state index in [2.05, 4.69) is 42.0 Å². The first kappa shape index (κ1) is 14.2. The van der Waals surface area contributed by atoms with Gasteiger partial charge in [-0.05, 0) is 30.3 Å². The molecule has 0 saturated carbocycles. The first-order valence-corrected chi connectivity index (χ1v) is 7.06. The maximum absolute atomic E-state index is 11.4. The van der Waals surface area contributed by atoms with Crippen LogP contribution in [0.5, 0.6) is 0 Å². The first-order chi connectivity index (χ1) is 8.18. The second-order valence-electron chi connectivity index (χ2n) is 4.53. The van der Waals surface area contributed by atoms with Crippen LogP contribution in [0.4, 0.5) is 0 Å². The lowest BCUT2D eigenvalue weighted by Crippen LogP contribution is -2.30. The molecule has 0 spiro atoms. The predicted molar refractivity (Wildman–Crippen MR) is 73.4 cm³/mol. The van der Waals surface area contributed by atoms with E-state index in [4.69, 9.17) is 0 Å². The van der Waals surface area contributed by atoms with Crippen molar-refractivity contribution >= 4 is 17.2 Å². The molecule has 0 unspecified atom stereocenters. The van der Waals surface area contributed by atoms with E-state index < -0.39 is 0 Å². The summed E-state index contributed by atoms with van der Waals surface area (Å²) in [6, 6.07) is 4.21. The zero-order chi connectivity index (χ0) is 12.5. The smallest absolute Gasteiger partial charge is 0.221 e. The minimum atomic E-state index is 0.141. The fourth-order valence-corrected chi connectivity index (χ4v) is 2.11. The molecule has 0 aliphatic carbocycles. The van der Waals surface area contributed by atoms with Crippen molar-refractivity contribution in [1.29, 1.82) is 0 Å². The molecule has 0 radical (unpaired) electrons. The fourth-order valence-electron chi connectivity index (χ4n) is 1.40. The molecule has 0 saturated heterocycles. The lowest BCUT2D eigenvalue weighted by atomic mass is 10.2. The van der Waals surface area contributed by atoms with Gasteiger partial charge in [0, 0.05) is 24.4 Å². The van der Waals surface area contributed by atoms with Gasteiger partial charge in [-0.3, -0.25) is 4.79 Å². The molecular formula is C13H22N2OS. The molecule has 1 aromatic heterocycles. The topological polar surface area (TPSA) is 41.1 Å². The second kappa shape index (κ2) is 8.25. The lowest BCUT2D eigenvalue weighted by Gasteiger charge is -2.08. The Balaban J connectivity index is 1.95. The van der Waals surface area contributed by atoms with Crippen LogP contribution in [0.15, 0.2) is 17.5 Å². The number of rotatable bonds is 8. The SMILES string of the molecule is CC(C)CNC(=O)CCNCCc1cccs1. The van der Waals surface area contributed by atoms with Crippen LogP contribution in [0.2, 0.25) is 0 Å². The Labute approximate surface area is 108 Å². The van der Waals surface area contributed by atoms with Gasteiger partial charge in [-0.15, -0.1) is 11.3 Å². The van der Waals surface area contributed by atoms with Crippen molar-refractivity contribution in [2.45, 2.75) is 26.7 Å². The Morgan fingerprint density at radius 1 is 1.41 bits per heavy atom. The van der Waals surface area contributed by atoms with Crippen LogP contribution < -0.4 is 10.6 Å². The van der Waals surface area contributed by atoms with Gasteiger partial charge in [0.25, 0.3) is 0 Å². The predicted octanol–water partition coefficient (Wildman–Crippen LogP) is 2.04. The average molecular weight is 254 g/mol. The number of carbonyl (C=O) groups is 1. The number of amides is 1. The minimum Gasteiger partial charge on any atom is -0.356 e. The number of nitrogens with one attached hydrogen (secondary N) is 2. The van der Waals surface area contributed by atoms with E-state index in [9.17, 15) is 4.79 Å². The molecule has 96 valence electrons. The van der Waals surface area contributed by atoms with Crippen LogP contribution in [-0.2, 0) is 11.2 Å². The molecule has 0 aliphatic rings. The molecular weight excluding hydrogens is 232 g/mol. The van der Waals surface area contributed by atoms with Gasteiger partial charge in [-0.25, -0.2) is 0 Å². The van der Waals surface area contributed by atoms with E-state index in [0.29, 0.717) is 12.3 Å². The van der Waals surface area contributed by atoms with Crippen LogP contribution in [0, 0.1) is 5.92 Å². The van der Waals surface area contributed by atoms with E-state index in [1.54, 1.807) is 11.3 Å². The number of hydrogen-bond acceptors (Lipinski definition) is 3. The van der Waals surface area contributed by atoms with Gasteiger partial charge in [-0.2, -0.15) is 0 Å². The summed E-state index contributed by atoms with van der Waals surface area (Å²) in [5.41, 5.74) is 0. The summed E-state index contributed by atoms with van der Waals surface area (Å²) in [6.07, 6.45) is 1.61. The maximum atomic E-state index is 11.4. The highest BCUT2D eigenvalue weighted by atomic mass is 32.1. The Morgan fingerprint density at radius 2 is 2.24 bits per heavy atom. The Kier molecular flexibility index (Phi) is 6.89. The summed E-state index contributed by atoms with van der Waals surface area (Å²) < 4.78 is 0. The summed E-state index contributed by atoms with van der Waals surface area (Å²) in [7, 11) is 0. The Morgan fingerprint density at radius 3 is 2.88 bits per heavy atom. The van der Waals surface area contributed by atoms with Gasteiger partial charge in [0.05, 0.1) is 0 Å². The number of hydrogen-bond donors (Lipinski definition) is 2. The van der Waals surface area contributed by atoms with E-state index in [1.807, 2.05) is 0 Å². The van der Waals surface area contributed by atoms with E-state index in [1.165, 1.54) is 4.88 Å². The van der Waals surface area contributed by atoms with Gasteiger partial charge in [-0.1, -0.05) is 19.9 Å². The third kappa shape index (κ3) is 7.13. The highest BCUT2D eigenvalue weighted by molar-refractivity contribution is 7.09. The standard InChI is InChI=1S/C13H22N2OS/c1-11(2)10-15-13(16)6-8-14-7-5-12-4-3-9-17-12/h3-4,9,11,14H,5-8,10H2,1-2H3,(H,15,16). The van der Waals surface area contributed by atoms with Crippen LogP contribution in [-0.4, -0.2) is 25.5 Å². The highest BCUT2D eigenvalue weighted by Gasteiger charge is 2.01. The molecule has 1 rings (SSSR count). The zero-order valence-electron chi connectivity index (χ0n) is 10.7. The summed E-state index contributed by atoms with van der Waals surface area (Å²) in [5.74, 6) is 0.660. The molecule has 0 atom stereocenters. The largest absolute Gasteiger partial charge is 0.356 e. The monoisotopic (exact) mass is 254 g/mol. The van der Waals surface area contributed by atoms with Gasteiger partial charge >= 0.3 is 0 Å². The number of carbonyl (C=O) groups excluding carboxylic acids is 1. The second-order valence-corrected chi connectivity index (χ2v) is 5.56. The van der Waals surface area contributed by atoms with E-state index in [0.717, 1.165) is 26.1 Å². The molecule has 4 heteroatoms. The van der Waals surface area contributed by atoms with Crippen molar-refractivity contribution in [1.82, 2.24) is 10.6 Å². The molecule has 3 nitrogen and oxygen atoms in total. The van der Waals surface area contributed by atoms with Crippen molar-refractivity contribution in [2.75, 3.05) is 19.6 Å². The van der Waals surface area contributed by atoms with Crippen LogP contribution in [0.25, 0.3) is 0 Å². The van der Waals surface area contributed by atoms with Gasteiger partial charge in [0.1, 0.15) is 0 Å². The molecule has 17 heavy (non-hydrogen) atoms. The molecule has 0 bridgehead atoms. The summed E-state index contributed by atoms with van der Waals surface area (Å²) in [4.78, 5) is 12.8. The fraction of sp³-hybridized carbons (Fsp3) is 0.615. The Bertz CT molecular complexity index is 309.